The number of oxazole rings is 1. The van der Waals surface area contributed by atoms with E-state index in [9.17, 15) is 0 Å². The molecule has 0 amide bonds. The van der Waals surface area contributed by atoms with Crippen molar-refractivity contribution in [1.29, 1.82) is 0 Å². The van der Waals surface area contributed by atoms with Crippen LogP contribution in [-0.2, 0) is 12.8 Å². The fourth-order valence-electron chi connectivity index (χ4n) is 5.80. The summed E-state index contributed by atoms with van der Waals surface area (Å²) in [4.78, 5) is 15.0. The third kappa shape index (κ3) is 5.21. The van der Waals surface area contributed by atoms with Crippen LogP contribution in [0.3, 0.4) is 0 Å². The highest BCUT2D eigenvalue weighted by atomic mass is 16.3. The van der Waals surface area contributed by atoms with Crippen LogP contribution < -0.4 is 0 Å². The lowest BCUT2D eigenvalue weighted by atomic mass is 9.99. The molecule has 43 heavy (non-hydrogen) atoms. The molecule has 0 saturated heterocycles. The first-order valence-electron chi connectivity index (χ1n) is 15.2. The summed E-state index contributed by atoms with van der Waals surface area (Å²) in [5, 5.41) is 0. The van der Waals surface area contributed by atoms with Crippen molar-refractivity contribution in [3.05, 3.63) is 126 Å². The summed E-state index contributed by atoms with van der Waals surface area (Å²) in [6.45, 7) is 4.40. The number of para-hydroxylation sites is 2. The summed E-state index contributed by atoms with van der Waals surface area (Å²) in [6, 6.07) is 39.8. The number of aryl methyl sites for hydroxylation is 2. The van der Waals surface area contributed by atoms with Gasteiger partial charge in [0.25, 0.3) is 0 Å². The van der Waals surface area contributed by atoms with E-state index < -0.39 is 0 Å². The fraction of sp³-hybridized carbons (Fsp3) is 0.154. The summed E-state index contributed by atoms with van der Waals surface area (Å²) < 4.78 is 6.39. The molecule has 0 aliphatic rings. The molecule has 0 radical (unpaired) electrons. The maximum Gasteiger partial charge on any atom is 0.227 e. The van der Waals surface area contributed by atoms with E-state index in [1.165, 1.54) is 11.1 Å². The van der Waals surface area contributed by atoms with Crippen molar-refractivity contribution in [2.45, 2.75) is 39.5 Å². The van der Waals surface area contributed by atoms with Gasteiger partial charge in [-0.15, -0.1) is 0 Å². The molecular formula is C39H33N3O. The second-order valence-corrected chi connectivity index (χ2v) is 11.0. The van der Waals surface area contributed by atoms with Crippen LogP contribution in [0.5, 0.6) is 0 Å². The molecule has 0 bridgehead atoms. The molecule has 7 aromatic rings. The number of hydrogen-bond acceptors (Lipinski definition) is 4. The number of fused-ring (bicyclic) bond motifs is 2. The number of aromatic nitrogens is 3. The summed E-state index contributed by atoms with van der Waals surface area (Å²) in [5.41, 5.74) is 13.3. The van der Waals surface area contributed by atoms with Gasteiger partial charge in [-0.2, -0.15) is 0 Å². The van der Waals surface area contributed by atoms with Crippen LogP contribution in [-0.4, -0.2) is 15.0 Å². The van der Waals surface area contributed by atoms with Gasteiger partial charge >= 0.3 is 0 Å². The van der Waals surface area contributed by atoms with Crippen LogP contribution in [0.25, 0.3) is 67.2 Å². The van der Waals surface area contributed by atoms with Crippen molar-refractivity contribution in [2.24, 2.45) is 0 Å². The molecule has 210 valence electrons. The lowest BCUT2D eigenvalue weighted by Crippen LogP contribution is -1.95. The van der Waals surface area contributed by atoms with E-state index in [0.29, 0.717) is 5.89 Å². The van der Waals surface area contributed by atoms with E-state index in [1.54, 1.807) is 0 Å². The minimum Gasteiger partial charge on any atom is -0.436 e. The number of nitrogens with zero attached hydrogens (tertiary/aromatic N) is 3. The lowest BCUT2D eigenvalue weighted by Gasteiger charge is -2.11. The van der Waals surface area contributed by atoms with Crippen molar-refractivity contribution >= 4 is 22.1 Å². The van der Waals surface area contributed by atoms with Crippen molar-refractivity contribution in [3.8, 4) is 45.1 Å². The Morgan fingerprint density at radius 2 is 0.953 bits per heavy atom. The van der Waals surface area contributed by atoms with Crippen LogP contribution in [0.4, 0.5) is 0 Å². The second kappa shape index (κ2) is 11.7. The van der Waals surface area contributed by atoms with Crippen LogP contribution in [0, 0.1) is 0 Å². The molecule has 0 unspecified atom stereocenters. The molecule has 4 heteroatoms. The normalized spacial score (nSPS) is 11.4. The average molecular weight is 560 g/mol. The van der Waals surface area contributed by atoms with Crippen molar-refractivity contribution < 1.29 is 4.42 Å². The molecule has 0 spiro atoms. The van der Waals surface area contributed by atoms with Gasteiger partial charge in [-0.1, -0.05) is 118 Å². The zero-order valence-corrected chi connectivity index (χ0v) is 24.5. The Balaban J connectivity index is 1.21. The van der Waals surface area contributed by atoms with E-state index in [4.69, 9.17) is 19.4 Å². The third-order valence-corrected chi connectivity index (χ3v) is 7.99. The highest BCUT2D eigenvalue weighted by molar-refractivity contribution is 5.87. The van der Waals surface area contributed by atoms with Gasteiger partial charge in [-0.05, 0) is 59.4 Å². The molecule has 7 rings (SSSR count). The van der Waals surface area contributed by atoms with Crippen molar-refractivity contribution in [2.75, 3.05) is 0 Å². The molecule has 0 saturated carbocycles. The molecule has 4 nitrogen and oxygen atoms in total. The van der Waals surface area contributed by atoms with Crippen LogP contribution in [0.2, 0.25) is 0 Å². The van der Waals surface area contributed by atoms with Gasteiger partial charge in [0.2, 0.25) is 5.89 Å². The Hall–Kier alpha value is -5.09. The van der Waals surface area contributed by atoms with Gasteiger partial charge in [-0.25, -0.2) is 15.0 Å². The first-order valence-corrected chi connectivity index (χ1v) is 15.2. The average Bonchev–Trinajstić information content (AvgIpc) is 3.52. The number of hydrogen-bond donors (Lipinski definition) is 0. The fourth-order valence-corrected chi connectivity index (χ4v) is 5.80. The van der Waals surface area contributed by atoms with Crippen LogP contribution >= 0.6 is 0 Å². The molecule has 0 aliphatic carbocycles. The van der Waals surface area contributed by atoms with Crippen molar-refractivity contribution in [1.82, 2.24) is 15.0 Å². The number of rotatable bonds is 8. The minimum absolute atomic E-state index is 0.682. The Kier molecular flexibility index (Phi) is 7.26. The Bertz CT molecular complexity index is 1980. The van der Waals surface area contributed by atoms with E-state index >= 15 is 0 Å². The highest BCUT2D eigenvalue weighted by Gasteiger charge is 2.16. The largest absolute Gasteiger partial charge is 0.436 e. The van der Waals surface area contributed by atoms with E-state index in [2.05, 4.69) is 86.6 Å². The lowest BCUT2D eigenvalue weighted by molar-refractivity contribution is 0.614. The quantitative estimate of drug-likeness (QED) is 0.186. The molecule has 0 fully saturated rings. The van der Waals surface area contributed by atoms with Crippen LogP contribution in [0.15, 0.2) is 120 Å². The summed E-state index contributed by atoms with van der Waals surface area (Å²) in [5.74, 6) is 0.682. The molecule has 0 atom stereocenters. The molecule has 0 N–H and O–H groups in total. The van der Waals surface area contributed by atoms with Gasteiger partial charge in [0.1, 0.15) is 5.52 Å². The maximum absolute atomic E-state index is 6.39. The zero-order chi connectivity index (χ0) is 29.2. The summed E-state index contributed by atoms with van der Waals surface area (Å²) in [6.07, 6.45) is 4.15. The highest BCUT2D eigenvalue weighted by Crippen LogP contribution is 2.34. The smallest absolute Gasteiger partial charge is 0.227 e. The van der Waals surface area contributed by atoms with Gasteiger partial charge in [-0.3, -0.25) is 0 Å². The second-order valence-electron chi connectivity index (χ2n) is 11.0. The first kappa shape index (κ1) is 26.8. The Labute approximate surface area is 252 Å². The predicted molar refractivity (Wildman–Crippen MR) is 177 cm³/mol. The van der Waals surface area contributed by atoms with Gasteiger partial charge in [0, 0.05) is 16.7 Å². The molecular weight excluding hydrogens is 526 g/mol. The van der Waals surface area contributed by atoms with Gasteiger partial charge < -0.3 is 4.42 Å². The van der Waals surface area contributed by atoms with Crippen LogP contribution in [0.1, 0.15) is 37.8 Å². The maximum atomic E-state index is 6.39. The van der Waals surface area contributed by atoms with E-state index in [0.717, 1.165) is 87.0 Å². The van der Waals surface area contributed by atoms with E-state index in [1.807, 2.05) is 42.5 Å². The Morgan fingerprint density at radius 1 is 0.465 bits per heavy atom. The number of benzene rings is 5. The summed E-state index contributed by atoms with van der Waals surface area (Å²) in [7, 11) is 0. The molecule has 0 aliphatic heterocycles. The molecule has 2 heterocycles. The molecule has 5 aromatic carbocycles. The Morgan fingerprint density at radius 3 is 1.56 bits per heavy atom. The minimum atomic E-state index is 0.682. The first-order chi connectivity index (χ1) is 21.2. The summed E-state index contributed by atoms with van der Waals surface area (Å²) >= 11 is 0. The SMILES string of the molecule is CCCc1ccc(CCC)c2oc(-c3ccc(-c4ccc(-c5nc6ccccc6nc5-c5ccccc5)cc4)cc3)nc12. The van der Waals surface area contributed by atoms with Crippen molar-refractivity contribution in [3.63, 3.8) is 0 Å². The topological polar surface area (TPSA) is 51.8 Å². The van der Waals surface area contributed by atoms with Gasteiger partial charge in [0.15, 0.2) is 5.58 Å². The predicted octanol–water partition coefficient (Wildman–Crippen LogP) is 10.3. The molecule has 2 aromatic heterocycles. The zero-order valence-electron chi connectivity index (χ0n) is 24.5. The monoisotopic (exact) mass is 559 g/mol. The third-order valence-electron chi connectivity index (χ3n) is 7.99. The van der Waals surface area contributed by atoms with Gasteiger partial charge in [0.05, 0.1) is 22.4 Å². The van der Waals surface area contributed by atoms with E-state index in [-0.39, 0.29) is 0 Å². The standard InChI is InChI=1S/C39H33N3O/c1-3-10-28-22-23-31(11-4-2)38-37(28)42-39(43-38)32-24-18-27(19-25-32)26-16-20-30(21-17-26)36-35(29-12-6-5-7-13-29)40-33-14-8-9-15-34(33)41-36/h5-9,12-25H,3-4,10-11H2,1-2H3.